The molecule has 1 fully saturated rings. The van der Waals surface area contributed by atoms with Gasteiger partial charge in [-0.3, -0.25) is 4.79 Å². The molecule has 1 aromatic carbocycles. The van der Waals surface area contributed by atoms with Crippen LogP contribution in [0, 0.1) is 5.41 Å². The molecule has 5 rings (SSSR count). The van der Waals surface area contributed by atoms with Gasteiger partial charge in [0, 0.05) is 31.4 Å². The molecule has 3 aliphatic heterocycles. The van der Waals surface area contributed by atoms with Crippen LogP contribution in [0.5, 0.6) is 5.75 Å². The van der Waals surface area contributed by atoms with Gasteiger partial charge in [0.25, 0.3) is 5.91 Å². The number of rotatable bonds is 2. The van der Waals surface area contributed by atoms with Crippen molar-refractivity contribution in [3.8, 4) is 5.75 Å². The van der Waals surface area contributed by atoms with Crippen LogP contribution in [0.25, 0.3) is 0 Å². The van der Waals surface area contributed by atoms with Gasteiger partial charge in [0.05, 0.1) is 17.9 Å². The second-order valence-electron chi connectivity index (χ2n) is 8.64. The monoisotopic (exact) mass is 398 g/mol. The van der Waals surface area contributed by atoms with E-state index in [-0.39, 0.29) is 11.3 Å². The van der Waals surface area contributed by atoms with Gasteiger partial charge in [-0.15, -0.1) is 0 Å². The maximum absolute atomic E-state index is 12.5. The molecule has 1 amide bonds. The van der Waals surface area contributed by atoms with Crippen LogP contribution in [0.2, 0.25) is 0 Å². The van der Waals surface area contributed by atoms with E-state index in [1.807, 2.05) is 0 Å². The zero-order chi connectivity index (χ0) is 19.3. The second-order valence-corrected chi connectivity index (χ2v) is 9.62. The van der Waals surface area contributed by atoms with E-state index in [0.717, 1.165) is 53.2 Å². The zero-order valence-electron chi connectivity index (χ0n) is 16.5. The van der Waals surface area contributed by atoms with Gasteiger partial charge in [-0.05, 0) is 36.8 Å². The summed E-state index contributed by atoms with van der Waals surface area (Å²) in [6, 6.07) is 6.47. The highest BCUT2D eigenvalue weighted by Gasteiger charge is 2.32. The maximum Gasteiger partial charge on any atom is 0.263 e. The summed E-state index contributed by atoms with van der Waals surface area (Å²) in [6.45, 7) is 8.63. The Morgan fingerprint density at radius 2 is 2.04 bits per heavy atom. The molecule has 1 N–H and O–H groups in total. The number of nitrogens with one attached hydrogen (secondary N) is 1. The van der Waals surface area contributed by atoms with E-state index in [9.17, 15) is 4.79 Å². The molecule has 4 heterocycles. The topological polar surface area (TPSA) is 57.7 Å². The maximum atomic E-state index is 12.5. The highest BCUT2D eigenvalue weighted by Crippen LogP contribution is 2.42. The first-order valence-electron chi connectivity index (χ1n) is 10.1. The Hall–Kier alpha value is -2.28. The Labute approximate surface area is 169 Å². The van der Waals surface area contributed by atoms with Crippen molar-refractivity contribution in [2.45, 2.75) is 33.1 Å². The van der Waals surface area contributed by atoms with Crippen LogP contribution in [0.3, 0.4) is 0 Å². The fourth-order valence-electron chi connectivity index (χ4n) is 4.25. The number of hydrogen-bond acceptors (Lipinski definition) is 6. The first-order chi connectivity index (χ1) is 13.5. The van der Waals surface area contributed by atoms with Crippen molar-refractivity contribution < 1.29 is 9.53 Å². The Kier molecular flexibility index (Phi) is 4.23. The number of thiazole rings is 1. The minimum atomic E-state index is 0.00203. The third-order valence-corrected chi connectivity index (χ3v) is 6.89. The van der Waals surface area contributed by atoms with Gasteiger partial charge in [-0.2, -0.15) is 0 Å². The van der Waals surface area contributed by atoms with E-state index in [1.165, 1.54) is 29.9 Å². The first-order valence-corrected chi connectivity index (χ1v) is 10.9. The molecule has 28 heavy (non-hydrogen) atoms. The average Bonchev–Trinajstić information content (AvgIpc) is 3.33. The van der Waals surface area contributed by atoms with Crippen molar-refractivity contribution >= 4 is 33.8 Å². The van der Waals surface area contributed by atoms with Crippen molar-refractivity contribution in [1.29, 1.82) is 0 Å². The van der Waals surface area contributed by atoms with E-state index in [2.05, 4.69) is 47.2 Å². The lowest BCUT2D eigenvalue weighted by Gasteiger charge is -2.30. The molecule has 0 radical (unpaired) electrons. The average molecular weight is 399 g/mol. The minimum Gasteiger partial charge on any atom is -0.489 e. The van der Waals surface area contributed by atoms with Gasteiger partial charge >= 0.3 is 0 Å². The van der Waals surface area contributed by atoms with Gasteiger partial charge in [-0.25, -0.2) is 4.98 Å². The molecule has 0 unspecified atom stereocenters. The van der Waals surface area contributed by atoms with E-state index < -0.39 is 0 Å². The lowest BCUT2D eigenvalue weighted by Crippen LogP contribution is -2.32. The number of hydrogen-bond donors (Lipinski definition) is 1. The van der Waals surface area contributed by atoms with Crippen molar-refractivity contribution in [3.63, 3.8) is 0 Å². The van der Waals surface area contributed by atoms with Crippen LogP contribution in [-0.4, -0.2) is 43.7 Å². The number of fused-ring (bicyclic) bond motifs is 2. The molecule has 2 aromatic rings. The number of ether oxygens (including phenoxy) is 1. The van der Waals surface area contributed by atoms with Crippen LogP contribution in [-0.2, 0) is 6.42 Å². The van der Waals surface area contributed by atoms with Gasteiger partial charge < -0.3 is 19.9 Å². The number of benzene rings is 1. The number of carbonyl (C=O) groups is 1. The smallest absolute Gasteiger partial charge is 0.263 e. The number of aromatic nitrogens is 1. The van der Waals surface area contributed by atoms with E-state index >= 15 is 0 Å². The lowest BCUT2D eigenvalue weighted by molar-refractivity contribution is 0.0948. The number of amides is 1. The summed E-state index contributed by atoms with van der Waals surface area (Å²) in [6.07, 6.45) is 3.32. The second kappa shape index (κ2) is 6.65. The molecular formula is C21H26N4O2S. The number of anilines is 3. The Morgan fingerprint density at radius 1 is 1.21 bits per heavy atom. The van der Waals surface area contributed by atoms with Crippen molar-refractivity contribution in [2.24, 2.45) is 5.41 Å². The fourth-order valence-corrected chi connectivity index (χ4v) is 5.29. The van der Waals surface area contributed by atoms with E-state index in [0.29, 0.717) is 13.2 Å². The molecule has 1 aromatic heterocycles. The SMILES string of the molecule is CC1(C)CNC(=O)c2sc(N3CCOc4cc(N5CCCC5)ccc43)nc2C1. The van der Waals surface area contributed by atoms with Crippen molar-refractivity contribution in [3.05, 3.63) is 28.8 Å². The van der Waals surface area contributed by atoms with Crippen LogP contribution in [0.15, 0.2) is 18.2 Å². The number of carbonyl (C=O) groups excluding carboxylic acids is 1. The van der Waals surface area contributed by atoms with Gasteiger partial charge in [0.2, 0.25) is 0 Å². The van der Waals surface area contributed by atoms with Gasteiger partial charge in [0.1, 0.15) is 17.2 Å². The normalized spacial score (nSPS) is 20.9. The highest BCUT2D eigenvalue weighted by molar-refractivity contribution is 7.17. The summed E-state index contributed by atoms with van der Waals surface area (Å²) in [4.78, 5) is 22.8. The van der Waals surface area contributed by atoms with Gasteiger partial charge in [-0.1, -0.05) is 25.2 Å². The molecule has 6 nitrogen and oxygen atoms in total. The lowest BCUT2D eigenvalue weighted by atomic mass is 9.88. The largest absolute Gasteiger partial charge is 0.489 e. The molecular weight excluding hydrogens is 372 g/mol. The van der Waals surface area contributed by atoms with Gasteiger partial charge in [0.15, 0.2) is 5.13 Å². The predicted molar refractivity (Wildman–Crippen MR) is 112 cm³/mol. The van der Waals surface area contributed by atoms with Crippen LogP contribution >= 0.6 is 11.3 Å². The zero-order valence-corrected chi connectivity index (χ0v) is 17.3. The van der Waals surface area contributed by atoms with Crippen LogP contribution < -0.4 is 19.9 Å². The summed E-state index contributed by atoms with van der Waals surface area (Å²) in [7, 11) is 0. The highest BCUT2D eigenvalue weighted by atomic mass is 32.1. The summed E-state index contributed by atoms with van der Waals surface area (Å²) in [5.41, 5.74) is 3.20. The molecule has 0 bridgehead atoms. The fraction of sp³-hybridized carbons (Fsp3) is 0.524. The molecule has 0 aliphatic carbocycles. The quantitative estimate of drug-likeness (QED) is 0.838. The van der Waals surface area contributed by atoms with Crippen LogP contribution in [0.1, 0.15) is 42.1 Å². The number of nitrogens with zero attached hydrogens (tertiary/aromatic N) is 3. The standard InChI is InChI=1S/C21H26N4O2S/c1-21(2)12-15-18(19(26)22-13-21)28-20(23-15)25-9-10-27-17-11-14(5-6-16(17)25)24-7-3-4-8-24/h5-6,11H,3-4,7-10,12-13H2,1-2H3,(H,22,26). The molecule has 1 saturated heterocycles. The predicted octanol–water partition coefficient (Wildman–Crippen LogP) is 3.59. The summed E-state index contributed by atoms with van der Waals surface area (Å²) < 4.78 is 5.98. The summed E-state index contributed by atoms with van der Waals surface area (Å²) >= 11 is 1.49. The van der Waals surface area contributed by atoms with E-state index in [4.69, 9.17) is 9.72 Å². The van der Waals surface area contributed by atoms with Crippen molar-refractivity contribution in [1.82, 2.24) is 10.3 Å². The Balaban J connectivity index is 1.49. The Morgan fingerprint density at radius 3 is 2.86 bits per heavy atom. The van der Waals surface area contributed by atoms with E-state index in [1.54, 1.807) is 0 Å². The molecule has 7 heteroatoms. The minimum absolute atomic E-state index is 0.00203. The van der Waals surface area contributed by atoms with Crippen molar-refractivity contribution in [2.75, 3.05) is 42.6 Å². The first kappa shape index (κ1) is 17.8. The van der Waals surface area contributed by atoms with Crippen LogP contribution in [0.4, 0.5) is 16.5 Å². The Bertz CT molecular complexity index is 917. The third-order valence-electron chi connectivity index (χ3n) is 5.77. The summed E-state index contributed by atoms with van der Waals surface area (Å²) in [5, 5.41) is 3.93. The summed E-state index contributed by atoms with van der Waals surface area (Å²) in [5.74, 6) is 0.910. The molecule has 0 saturated carbocycles. The molecule has 148 valence electrons. The molecule has 3 aliphatic rings. The molecule has 0 atom stereocenters. The molecule has 0 spiro atoms. The third kappa shape index (κ3) is 3.11.